The van der Waals surface area contributed by atoms with Crippen molar-refractivity contribution in [3.8, 4) is 0 Å². The van der Waals surface area contributed by atoms with E-state index in [4.69, 9.17) is 11.6 Å². The van der Waals surface area contributed by atoms with Gasteiger partial charge in [0, 0.05) is 31.4 Å². The molecule has 1 heterocycles. The van der Waals surface area contributed by atoms with Gasteiger partial charge in [-0.05, 0) is 38.8 Å². The highest BCUT2D eigenvalue weighted by molar-refractivity contribution is 6.19. The van der Waals surface area contributed by atoms with Crippen LogP contribution in [0.15, 0.2) is 0 Å². The third-order valence-electron chi connectivity index (χ3n) is 4.04. The molecule has 1 atom stereocenters. The van der Waals surface area contributed by atoms with Gasteiger partial charge in [0.2, 0.25) is 5.91 Å². The molecule has 1 rings (SSSR count). The largest absolute Gasteiger partial charge is 0.342 e. The van der Waals surface area contributed by atoms with Gasteiger partial charge >= 0.3 is 0 Å². The van der Waals surface area contributed by atoms with E-state index in [0.29, 0.717) is 5.88 Å². The maximum atomic E-state index is 12.0. The van der Waals surface area contributed by atoms with Gasteiger partial charge in [-0.3, -0.25) is 4.79 Å². The van der Waals surface area contributed by atoms with Gasteiger partial charge in [0.15, 0.2) is 0 Å². The minimum absolute atomic E-state index is 0.0366. The van der Waals surface area contributed by atoms with E-state index in [1.807, 2.05) is 11.8 Å². The number of rotatable bonds is 7. The molecule has 0 radical (unpaired) electrons. The molecule has 0 N–H and O–H groups in total. The van der Waals surface area contributed by atoms with Crippen LogP contribution in [0.3, 0.4) is 0 Å². The lowest BCUT2D eigenvalue weighted by Gasteiger charge is -2.35. The van der Waals surface area contributed by atoms with Crippen molar-refractivity contribution in [3.05, 3.63) is 0 Å². The number of carbonyl (C=O) groups excluding carboxylic acids is 1. The van der Waals surface area contributed by atoms with Crippen LogP contribution in [-0.4, -0.2) is 54.8 Å². The molecular formula is C15H29ClN2O. The molecule has 0 aromatic carbocycles. The summed E-state index contributed by atoms with van der Waals surface area (Å²) in [5, 5.41) is 0. The topological polar surface area (TPSA) is 23.6 Å². The van der Waals surface area contributed by atoms with E-state index in [1.54, 1.807) is 0 Å². The Morgan fingerprint density at radius 1 is 1.42 bits per heavy atom. The molecule has 0 saturated carbocycles. The molecular weight excluding hydrogens is 260 g/mol. The molecule has 112 valence electrons. The summed E-state index contributed by atoms with van der Waals surface area (Å²) in [6.45, 7) is 8.33. The quantitative estimate of drug-likeness (QED) is 0.673. The Labute approximate surface area is 123 Å². The number of halogens is 1. The molecule has 0 aromatic rings. The van der Waals surface area contributed by atoms with E-state index >= 15 is 0 Å². The van der Waals surface area contributed by atoms with Crippen LogP contribution in [0.1, 0.15) is 39.5 Å². The van der Waals surface area contributed by atoms with Gasteiger partial charge in [-0.25, -0.2) is 0 Å². The van der Waals surface area contributed by atoms with Crippen molar-refractivity contribution in [2.75, 3.05) is 39.1 Å². The lowest BCUT2D eigenvalue weighted by molar-refractivity contribution is -0.135. The lowest BCUT2D eigenvalue weighted by atomic mass is 9.95. The molecule has 0 aromatic heterocycles. The first kappa shape index (κ1) is 16.8. The summed E-state index contributed by atoms with van der Waals surface area (Å²) in [6.07, 6.45) is 4.81. The van der Waals surface area contributed by atoms with Crippen molar-refractivity contribution in [2.24, 2.45) is 11.8 Å². The number of carbonyl (C=O) groups is 1. The Bertz CT molecular complexity index is 265. The van der Waals surface area contributed by atoms with Crippen molar-refractivity contribution >= 4 is 17.5 Å². The van der Waals surface area contributed by atoms with Crippen LogP contribution in [-0.2, 0) is 4.79 Å². The van der Waals surface area contributed by atoms with Crippen LogP contribution in [0, 0.1) is 11.8 Å². The van der Waals surface area contributed by atoms with Crippen LogP contribution >= 0.6 is 11.6 Å². The summed E-state index contributed by atoms with van der Waals surface area (Å²) >= 11 is 5.76. The molecule has 1 aliphatic rings. The van der Waals surface area contributed by atoms with Gasteiger partial charge in [0.1, 0.15) is 0 Å². The molecule has 0 bridgehead atoms. The van der Waals surface area contributed by atoms with Gasteiger partial charge in [0.05, 0.1) is 0 Å². The lowest BCUT2D eigenvalue weighted by Crippen LogP contribution is -2.43. The monoisotopic (exact) mass is 288 g/mol. The number of likely N-dealkylation sites (tertiary alicyclic amines) is 1. The Morgan fingerprint density at radius 2 is 2.05 bits per heavy atom. The fraction of sp³-hybridized carbons (Fsp3) is 0.933. The highest BCUT2D eigenvalue weighted by Gasteiger charge is 2.25. The van der Waals surface area contributed by atoms with E-state index < -0.39 is 0 Å². The highest BCUT2D eigenvalue weighted by atomic mass is 35.5. The van der Waals surface area contributed by atoms with Crippen molar-refractivity contribution in [1.29, 1.82) is 0 Å². The number of unbranched alkanes of at least 4 members (excludes halogenated alkanes) is 1. The molecule has 0 spiro atoms. The van der Waals surface area contributed by atoms with E-state index in [2.05, 4.69) is 18.9 Å². The molecule has 1 saturated heterocycles. The number of hydrogen-bond acceptors (Lipinski definition) is 2. The number of nitrogens with zero attached hydrogens (tertiary/aromatic N) is 2. The molecule has 1 aliphatic heterocycles. The van der Waals surface area contributed by atoms with E-state index in [1.165, 1.54) is 25.9 Å². The summed E-state index contributed by atoms with van der Waals surface area (Å²) in [6, 6.07) is 0. The standard InChI is InChI=1S/C15H29ClN2O/c1-4-5-8-17(3)12-14-6-9-18(10-7-14)15(19)13(2)11-16/h13-14H,4-12H2,1-3H3. The van der Waals surface area contributed by atoms with Crippen LogP contribution in [0.4, 0.5) is 0 Å². The van der Waals surface area contributed by atoms with Crippen LogP contribution in [0.5, 0.6) is 0 Å². The summed E-state index contributed by atoms with van der Waals surface area (Å²) in [7, 11) is 2.21. The Hall–Kier alpha value is -0.280. The van der Waals surface area contributed by atoms with Crippen molar-refractivity contribution in [3.63, 3.8) is 0 Å². The minimum atomic E-state index is -0.0366. The SMILES string of the molecule is CCCCN(C)CC1CCN(C(=O)C(C)CCl)CC1. The van der Waals surface area contributed by atoms with Crippen LogP contribution in [0.25, 0.3) is 0 Å². The smallest absolute Gasteiger partial charge is 0.226 e. The van der Waals surface area contributed by atoms with Gasteiger partial charge in [-0.15, -0.1) is 11.6 Å². The second kappa shape index (κ2) is 8.80. The zero-order valence-corrected chi connectivity index (χ0v) is 13.5. The van der Waals surface area contributed by atoms with Gasteiger partial charge in [0.25, 0.3) is 0 Å². The van der Waals surface area contributed by atoms with Crippen LogP contribution in [0.2, 0.25) is 0 Å². The average molecular weight is 289 g/mol. The molecule has 19 heavy (non-hydrogen) atoms. The molecule has 4 heteroatoms. The molecule has 0 aliphatic carbocycles. The molecule has 3 nitrogen and oxygen atoms in total. The van der Waals surface area contributed by atoms with Crippen LogP contribution < -0.4 is 0 Å². The number of amides is 1. The van der Waals surface area contributed by atoms with E-state index in [-0.39, 0.29) is 11.8 Å². The Balaban J connectivity index is 2.27. The predicted octanol–water partition coefficient (Wildman–Crippen LogP) is 2.83. The second-order valence-corrected chi connectivity index (χ2v) is 6.25. The first-order chi connectivity index (χ1) is 9.08. The van der Waals surface area contributed by atoms with Gasteiger partial charge < -0.3 is 9.80 Å². The maximum absolute atomic E-state index is 12.0. The second-order valence-electron chi connectivity index (χ2n) is 5.94. The number of piperidine rings is 1. The third kappa shape index (κ3) is 5.70. The third-order valence-corrected chi connectivity index (χ3v) is 4.51. The summed E-state index contributed by atoms with van der Waals surface area (Å²) in [5.41, 5.74) is 0. The van der Waals surface area contributed by atoms with Crippen molar-refractivity contribution < 1.29 is 4.79 Å². The summed E-state index contributed by atoms with van der Waals surface area (Å²) < 4.78 is 0. The fourth-order valence-corrected chi connectivity index (χ4v) is 2.81. The molecule has 1 amide bonds. The first-order valence-electron chi connectivity index (χ1n) is 7.61. The molecule has 1 fully saturated rings. The zero-order valence-electron chi connectivity index (χ0n) is 12.7. The number of hydrogen-bond donors (Lipinski definition) is 0. The zero-order chi connectivity index (χ0) is 14.3. The van der Waals surface area contributed by atoms with Crippen molar-refractivity contribution in [1.82, 2.24) is 9.80 Å². The predicted molar refractivity (Wildman–Crippen MR) is 81.6 cm³/mol. The fourth-order valence-electron chi connectivity index (χ4n) is 2.67. The van der Waals surface area contributed by atoms with Gasteiger partial charge in [-0.1, -0.05) is 20.3 Å². The number of alkyl halides is 1. The Morgan fingerprint density at radius 3 is 2.58 bits per heavy atom. The average Bonchev–Trinajstić information content (AvgIpc) is 2.44. The maximum Gasteiger partial charge on any atom is 0.226 e. The first-order valence-corrected chi connectivity index (χ1v) is 8.15. The minimum Gasteiger partial charge on any atom is -0.342 e. The Kier molecular flexibility index (Phi) is 7.77. The van der Waals surface area contributed by atoms with E-state index in [0.717, 1.165) is 31.8 Å². The summed E-state index contributed by atoms with van der Waals surface area (Å²) in [5.74, 6) is 1.37. The van der Waals surface area contributed by atoms with Crippen molar-refractivity contribution in [2.45, 2.75) is 39.5 Å². The van der Waals surface area contributed by atoms with E-state index in [9.17, 15) is 4.79 Å². The van der Waals surface area contributed by atoms with Gasteiger partial charge in [-0.2, -0.15) is 0 Å². The normalized spacial score (nSPS) is 18.9. The molecule has 1 unspecified atom stereocenters. The highest BCUT2D eigenvalue weighted by Crippen LogP contribution is 2.20. The summed E-state index contributed by atoms with van der Waals surface area (Å²) in [4.78, 5) is 16.5.